The molecule has 0 unspecified atom stereocenters. The maximum atomic E-state index is 12.6. The third-order valence-corrected chi connectivity index (χ3v) is 5.37. The summed E-state index contributed by atoms with van der Waals surface area (Å²) < 4.78 is 11.6. The molecule has 1 aliphatic heterocycles. The van der Waals surface area contributed by atoms with Crippen molar-refractivity contribution in [3.05, 3.63) is 23.8 Å². The number of carbonyl (C=O) groups excluding carboxylic acids is 2. The van der Waals surface area contributed by atoms with Crippen LogP contribution in [0.5, 0.6) is 11.5 Å². The summed E-state index contributed by atoms with van der Waals surface area (Å²) in [6, 6.07) is 6.03. The predicted molar refractivity (Wildman–Crippen MR) is 117 cm³/mol. The lowest BCUT2D eigenvalue weighted by molar-refractivity contribution is -0.137. The molecule has 0 radical (unpaired) electrons. The molecule has 2 N–H and O–H groups in total. The van der Waals surface area contributed by atoms with E-state index < -0.39 is 0 Å². The number of ether oxygens (including phenoxy) is 2. The van der Waals surface area contributed by atoms with Gasteiger partial charge in [-0.25, -0.2) is 0 Å². The molecule has 1 atom stereocenters. The van der Waals surface area contributed by atoms with Gasteiger partial charge in [-0.05, 0) is 71.7 Å². The van der Waals surface area contributed by atoms with Gasteiger partial charge in [-0.3, -0.25) is 14.5 Å². The normalized spacial score (nSPS) is 17.2. The minimum atomic E-state index is -0.222. The van der Waals surface area contributed by atoms with Gasteiger partial charge in [-0.15, -0.1) is 0 Å². The maximum absolute atomic E-state index is 12.6. The van der Waals surface area contributed by atoms with Crippen LogP contribution in [0, 0.1) is 5.92 Å². The van der Waals surface area contributed by atoms with Gasteiger partial charge in [0.15, 0.2) is 18.1 Å². The Kier molecular flexibility index (Phi) is 8.96. The predicted octanol–water partition coefficient (Wildman–Crippen LogP) is 2.81. The number of carbonyl (C=O) groups is 2. The van der Waals surface area contributed by atoms with E-state index >= 15 is 0 Å². The summed E-state index contributed by atoms with van der Waals surface area (Å²) in [7, 11) is 0. The van der Waals surface area contributed by atoms with E-state index in [2.05, 4.69) is 4.90 Å². The number of likely N-dealkylation sites (tertiary alicyclic amines) is 1. The van der Waals surface area contributed by atoms with E-state index in [1.807, 2.05) is 57.7 Å². The van der Waals surface area contributed by atoms with Gasteiger partial charge < -0.3 is 20.1 Å². The first kappa shape index (κ1) is 24.0. The fraction of sp³-hybridized carbons (Fsp3) is 0.652. The highest BCUT2D eigenvalue weighted by Crippen LogP contribution is 2.30. The first-order valence-electron chi connectivity index (χ1n) is 10.9. The molecule has 1 aromatic rings. The fourth-order valence-electron chi connectivity index (χ4n) is 4.11. The minimum Gasteiger partial charge on any atom is -0.490 e. The molecular weight excluding hydrogens is 382 g/mol. The van der Waals surface area contributed by atoms with Crippen LogP contribution in [-0.2, 0) is 16.1 Å². The first-order chi connectivity index (χ1) is 14.2. The van der Waals surface area contributed by atoms with Gasteiger partial charge in [0.05, 0.1) is 12.5 Å². The summed E-state index contributed by atoms with van der Waals surface area (Å²) in [4.78, 5) is 28.2. The van der Waals surface area contributed by atoms with Crippen LogP contribution in [0.3, 0.4) is 0 Å². The number of hydrogen-bond donors (Lipinski definition) is 1. The highest BCUT2D eigenvalue weighted by molar-refractivity contribution is 5.78. The van der Waals surface area contributed by atoms with Gasteiger partial charge in [0, 0.05) is 25.2 Å². The highest BCUT2D eigenvalue weighted by Gasteiger charge is 2.24. The second-order valence-electron chi connectivity index (χ2n) is 8.47. The smallest absolute Gasteiger partial charge is 0.260 e. The highest BCUT2D eigenvalue weighted by atomic mass is 16.5. The zero-order valence-corrected chi connectivity index (χ0v) is 19.0. The summed E-state index contributed by atoms with van der Waals surface area (Å²) in [5.41, 5.74) is 6.57. The van der Waals surface area contributed by atoms with Crippen molar-refractivity contribution < 1.29 is 19.1 Å². The van der Waals surface area contributed by atoms with Crippen LogP contribution in [0.1, 0.15) is 53.0 Å². The van der Waals surface area contributed by atoms with Crippen molar-refractivity contribution in [2.24, 2.45) is 11.7 Å². The van der Waals surface area contributed by atoms with E-state index in [1.165, 1.54) is 0 Å². The van der Waals surface area contributed by atoms with Gasteiger partial charge in [0.2, 0.25) is 5.91 Å². The Balaban J connectivity index is 2.05. The molecule has 0 bridgehead atoms. The fourth-order valence-corrected chi connectivity index (χ4v) is 4.11. The van der Waals surface area contributed by atoms with Gasteiger partial charge in [-0.2, -0.15) is 0 Å². The van der Waals surface area contributed by atoms with Crippen LogP contribution < -0.4 is 15.2 Å². The molecule has 1 fully saturated rings. The van der Waals surface area contributed by atoms with Crippen LogP contribution in [0.2, 0.25) is 0 Å². The Labute approximate surface area is 180 Å². The standard InChI is InChI=1S/C23H37N3O4/c1-6-29-21-12-18(13-25-11-7-8-19(14-25)23(24)28)9-10-20(21)30-15-22(27)26(16(2)3)17(4)5/h9-10,12,16-17,19H,6-8,11,13-15H2,1-5H3,(H2,24,28)/t19-/m0/s1. The summed E-state index contributed by atoms with van der Waals surface area (Å²) >= 11 is 0. The number of benzene rings is 1. The average Bonchev–Trinajstić information content (AvgIpc) is 2.67. The Hall–Kier alpha value is -2.28. The van der Waals surface area contributed by atoms with E-state index in [0.717, 1.165) is 31.5 Å². The Bertz CT molecular complexity index is 712. The quantitative estimate of drug-likeness (QED) is 0.630. The molecule has 1 saturated heterocycles. The molecule has 168 valence electrons. The van der Waals surface area contributed by atoms with E-state index in [9.17, 15) is 9.59 Å². The Morgan fingerprint density at radius 1 is 1.17 bits per heavy atom. The number of hydrogen-bond acceptors (Lipinski definition) is 5. The lowest BCUT2D eigenvalue weighted by atomic mass is 9.97. The lowest BCUT2D eigenvalue weighted by Crippen LogP contribution is -2.44. The summed E-state index contributed by atoms with van der Waals surface area (Å²) in [5, 5.41) is 0. The number of rotatable bonds is 10. The van der Waals surface area contributed by atoms with Gasteiger partial charge in [0.25, 0.3) is 5.91 Å². The summed E-state index contributed by atoms with van der Waals surface area (Å²) in [6.45, 7) is 12.8. The molecule has 0 spiro atoms. The van der Waals surface area contributed by atoms with Crippen LogP contribution in [0.4, 0.5) is 0 Å². The van der Waals surface area contributed by atoms with Crippen molar-refractivity contribution in [1.82, 2.24) is 9.80 Å². The Morgan fingerprint density at radius 3 is 2.47 bits per heavy atom. The number of amides is 2. The molecule has 7 nitrogen and oxygen atoms in total. The number of piperidine rings is 1. The third kappa shape index (κ3) is 6.62. The van der Waals surface area contributed by atoms with Crippen molar-refractivity contribution in [2.75, 3.05) is 26.3 Å². The van der Waals surface area contributed by atoms with Crippen molar-refractivity contribution in [3.63, 3.8) is 0 Å². The lowest BCUT2D eigenvalue weighted by Gasteiger charge is -2.31. The van der Waals surface area contributed by atoms with Crippen LogP contribution in [-0.4, -0.2) is 60.0 Å². The van der Waals surface area contributed by atoms with E-state index in [4.69, 9.17) is 15.2 Å². The third-order valence-electron chi connectivity index (χ3n) is 5.37. The average molecular weight is 420 g/mol. The molecular formula is C23H37N3O4. The van der Waals surface area contributed by atoms with Crippen molar-refractivity contribution in [2.45, 2.75) is 66.1 Å². The van der Waals surface area contributed by atoms with Crippen molar-refractivity contribution in [3.8, 4) is 11.5 Å². The van der Waals surface area contributed by atoms with Crippen molar-refractivity contribution in [1.29, 1.82) is 0 Å². The molecule has 0 aliphatic carbocycles. The topological polar surface area (TPSA) is 85.1 Å². The summed E-state index contributed by atoms with van der Waals surface area (Å²) in [6.07, 6.45) is 1.83. The van der Waals surface area contributed by atoms with Crippen LogP contribution in [0.15, 0.2) is 18.2 Å². The first-order valence-corrected chi connectivity index (χ1v) is 10.9. The molecule has 1 aliphatic rings. The molecule has 0 aromatic heterocycles. The molecule has 0 saturated carbocycles. The van der Waals surface area contributed by atoms with E-state index in [0.29, 0.717) is 24.7 Å². The molecule has 1 aromatic carbocycles. The second-order valence-corrected chi connectivity index (χ2v) is 8.47. The van der Waals surface area contributed by atoms with Gasteiger partial charge >= 0.3 is 0 Å². The molecule has 30 heavy (non-hydrogen) atoms. The maximum Gasteiger partial charge on any atom is 0.260 e. The van der Waals surface area contributed by atoms with Crippen molar-refractivity contribution >= 4 is 11.8 Å². The number of primary amides is 1. The second kappa shape index (κ2) is 11.2. The molecule has 2 rings (SSSR count). The molecule has 1 heterocycles. The largest absolute Gasteiger partial charge is 0.490 e. The summed E-state index contributed by atoms with van der Waals surface area (Å²) in [5.74, 6) is 0.850. The number of nitrogens with two attached hydrogens (primary N) is 1. The Morgan fingerprint density at radius 2 is 1.87 bits per heavy atom. The minimum absolute atomic E-state index is 0.0256. The zero-order valence-electron chi connectivity index (χ0n) is 19.0. The SMILES string of the molecule is CCOc1cc(CN2CCC[C@H](C(N)=O)C2)ccc1OCC(=O)N(C(C)C)C(C)C. The molecule has 7 heteroatoms. The number of nitrogens with zero attached hydrogens (tertiary/aromatic N) is 2. The van der Waals surface area contributed by atoms with Gasteiger partial charge in [-0.1, -0.05) is 6.07 Å². The van der Waals surface area contributed by atoms with E-state index in [-0.39, 0.29) is 36.4 Å². The zero-order chi connectivity index (χ0) is 22.3. The van der Waals surface area contributed by atoms with Crippen LogP contribution >= 0.6 is 0 Å². The van der Waals surface area contributed by atoms with Gasteiger partial charge in [0.1, 0.15) is 0 Å². The van der Waals surface area contributed by atoms with E-state index in [1.54, 1.807) is 0 Å². The molecule has 2 amide bonds. The van der Waals surface area contributed by atoms with Crippen LogP contribution in [0.25, 0.3) is 0 Å². The monoisotopic (exact) mass is 419 g/mol.